The van der Waals surface area contributed by atoms with Gasteiger partial charge in [0.05, 0.1) is 6.54 Å². The number of hydrogen-bond acceptors (Lipinski definition) is 2. The zero-order chi connectivity index (χ0) is 9.69. The molecule has 1 heterocycles. The monoisotopic (exact) mass is 193 g/mol. The molecule has 74 valence electrons. The summed E-state index contributed by atoms with van der Waals surface area (Å²) in [5.74, 6) is -0.0736. The quantitative estimate of drug-likeness (QED) is 0.626. The van der Waals surface area contributed by atoms with E-state index in [1.807, 2.05) is 0 Å². The third kappa shape index (κ3) is 1.25. The van der Waals surface area contributed by atoms with Gasteiger partial charge in [0.2, 0.25) is 0 Å². The largest absolute Gasteiger partial charge is 0.406 e. The van der Waals surface area contributed by atoms with Crippen LogP contribution in [-0.2, 0) is 4.79 Å². The Labute approximate surface area is 73.7 Å². The van der Waals surface area contributed by atoms with Crippen LogP contribution in [-0.4, -0.2) is 35.5 Å². The molecule has 1 saturated carbocycles. The molecule has 0 unspecified atom stereocenters. The number of rotatable bonds is 1. The third-order valence-electron chi connectivity index (χ3n) is 2.88. The molecule has 2 fully saturated rings. The average Bonchev–Trinajstić information content (AvgIpc) is 2.70. The molecule has 2 rings (SSSR count). The second-order valence-electron chi connectivity index (χ2n) is 3.74. The highest BCUT2D eigenvalue weighted by atomic mass is 19.4. The van der Waals surface area contributed by atoms with Crippen molar-refractivity contribution in [1.29, 1.82) is 0 Å². The lowest BCUT2D eigenvalue weighted by Crippen LogP contribution is -2.47. The summed E-state index contributed by atoms with van der Waals surface area (Å²) in [6, 6.07) is 0. The number of hydrogen-bond donors (Lipinski definition) is 0. The Morgan fingerprint density at radius 2 is 1.92 bits per heavy atom. The minimum absolute atomic E-state index is 0.0144. The molecule has 0 spiro atoms. The number of nitrogens with zero attached hydrogens (tertiary/aromatic N) is 1. The average molecular weight is 193 g/mol. The minimum Gasteiger partial charge on any atom is -0.298 e. The van der Waals surface area contributed by atoms with Crippen LogP contribution < -0.4 is 0 Å². The van der Waals surface area contributed by atoms with Gasteiger partial charge in [-0.3, -0.25) is 9.69 Å². The molecule has 1 aliphatic carbocycles. The van der Waals surface area contributed by atoms with Gasteiger partial charge in [-0.05, 0) is 12.8 Å². The first-order chi connectivity index (χ1) is 5.96. The maximum Gasteiger partial charge on any atom is 0.406 e. The van der Waals surface area contributed by atoms with Crippen LogP contribution in [0.1, 0.15) is 19.3 Å². The SMILES string of the molecule is O=C1CCN(C2(C(F)(F)F)CC2)C1. The van der Waals surface area contributed by atoms with Crippen LogP contribution in [0.15, 0.2) is 0 Å². The molecule has 13 heavy (non-hydrogen) atoms. The van der Waals surface area contributed by atoms with Crippen molar-refractivity contribution in [3.8, 4) is 0 Å². The lowest BCUT2D eigenvalue weighted by atomic mass is 10.2. The minimum atomic E-state index is -4.17. The zero-order valence-electron chi connectivity index (χ0n) is 7.02. The first-order valence-corrected chi connectivity index (χ1v) is 4.29. The summed E-state index contributed by atoms with van der Waals surface area (Å²) < 4.78 is 37.6. The molecule has 2 nitrogen and oxygen atoms in total. The molecule has 0 aromatic heterocycles. The van der Waals surface area contributed by atoms with Gasteiger partial charge in [-0.2, -0.15) is 13.2 Å². The van der Waals surface area contributed by atoms with Gasteiger partial charge in [0, 0.05) is 13.0 Å². The second-order valence-corrected chi connectivity index (χ2v) is 3.74. The summed E-state index contributed by atoms with van der Waals surface area (Å²) >= 11 is 0. The van der Waals surface area contributed by atoms with Crippen LogP contribution in [0, 0.1) is 0 Å². The molecule has 1 aliphatic heterocycles. The number of alkyl halides is 3. The van der Waals surface area contributed by atoms with E-state index in [9.17, 15) is 18.0 Å². The van der Waals surface area contributed by atoms with Crippen LogP contribution in [0.4, 0.5) is 13.2 Å². The number of Topliss-reactive ketones (excluding diaryl/α,β-unsaturated/α-hetero) is 1. The van der Waals surface area contributed by atoms with Crippen molar-refractivity contribution in [2.45, 2.75) is 31.0 Å². The molecule has 0 N–H and O–H groups in total. The van der Waals surface area contributed by atoms with E-state index >= 15 is 0 Å². The maximum atomic E-state index is 12.5. The van der Waals surface area contributed by atoms with E-state index < -0.39 is 11.7 Å². The van der Waals surface area contributed by atoms with Crippen molar-refractivity contribution in [3.05, 3.63) is 0 Å². The molecule has 0 bridgehead atoms. The molecule has 0 atom stereocenters. The van der Waals surface area contributed by atoms with Crippen molar-refractivity contribution >= 4 is 5.78 Å². The predicted octanol–water partition coefficient (Wildman–Crippen LogP) is 1.36. The van der Waals surface area contributed by atoms with E-state index in [0.717, 1.165) is 0 Å². The Morgan fingerprint density at radius 3 is 2.23 bits per heavy atom. The summed E-state index contributed by atoms with van der Waals surface area (Å²) in [4.78, 5) is 12.1. The fraction of sp³-hybridized carbons (Fsp3) is 0.875. The lowest BCUT2D eigenvalue weighted by Gasteiger charge is -2.28. The van der Waals surface area contributed by atoms with E-state index in [1.165, 1.54) is 4.90 Å². The normalized spacial score (nSPS) is 28.1. The summed E-state index contributed by atoms with van der Waals surface area (Å²) in [6.45, 7) is 0.262. The van der Waals surface area contributed by atoms with Gasteiger partial charge in [0.1, 0.15) is 11.3 Å². The van der Waals surface area contributed by atoms with Gasteiger partial charge in [-0.1, -0.05) is 0 Å². The Kier molecular flexibility index (Phi) is 1.71. The summed E-state index contributed by atoms with van der Waals surface area (Å²) in [6.07, 6.45) is -3.58. The molecular formula is C8H10F3NO. The number of likely N-dealkylation sites (tertiary alicyclic amines) is 1. The Morgan fingerprint density at radius 1 is 1.31 bits per heavy atom. The van der Waals surface area contributed by atoms with Crippen LogP contribution in [0.2, 0.25) is 0 Å². The van der Waals surface area contributed by atoms with Crippen molar-refractivity contribution in [2.75, 3.05) is 13.1 Å². The molecule has 0 radical (unpaired) electrons. The fourth-order valence-corrected chi connectivity index (χ4v) is 1.89. The second kappa shape index (κ2) is 2.47. The number of ketones is 1. The standard InChI is InChI=1S/C8H10F3NO/c9-8(10,11)7(2-3-7)12-4-1-6(13)5-12/h1-5H2. The molecule has 0 aromatic rings. The van der Waals surface area contributed by atoms with Gasteiger partial charge in [-0.25, -0.2) is 0 Å². The Bertz CT molecular complexity index is 244. The van der Waals surface area contributed by atoms with E-state index in [0.29, 0.717) is 0 Å². The molecule has 1 saturated heterocycles. The topological polar surface area (TPSA) is 20.3 Å². The van der Waals surface area contributed by atoms with Crippen LogP contribution in [0.3, 0.4) is 0 Å². The van der Waals surface area contributed by atoms with Gasteiger partial charge in [-0.15, -0.1) is 0 Å². The third-order valence-corrected chi connectivity index (χ3v) is 2.88. The van der Waals surface area contributed by atoms with Crippen LogP contribution >= 0.6 is 0 Å². The number of halogens is 3. The Hall–Kier alpha value is -0.580. The smallest absolute Gasteiger partial charge is 0.298 e. The highest BCUT2D eigenvalue weighted by Gasteiger charge is 2.67. The molecule has 5 heteroatoms. The summed E-state index contributed by atoms with van der Waals surface area (Å²) in [5, 5.41) is 0. The number of carbonyl (C=O) groups excluding carboxylic acids is 1. The zero-order valence-corrected chi connectivity index (χ0v) is 7.02. The first kappa shape index (κ1) is 8.99. The number of carbonyl (C=O) groups is 1. The van der Waals surface area contributed by atoms with Crippen LogP contribution in [0.25, 0.3) is 0 Å². The van der Waals surface area contributed by atoms with Gasteiger partial charge in [0.25, 0.3) is 0 Å². The fourth-order valence-electron chi connectivity index (χ4n) is 1.89. The van der Waals surface area contributed by atoms with Crippen molar-refractivity contribution in [1.82, 2.24) is 4.90 Å². The first-order valence-electron chi connectivity index (χ1n) is 4.29. The molecular weight excluding hydrogens is 183 g/mol. The van der Waals surface area contributed by atoms with E-state index in [4.69, 9.17) is 0 Å². The lowest BCUT2D eigenvalue weighted by molar-refractivity contribution is -0.193. The Balaban J connectivity index is 2.12. The van der Waals surface area contributed by atoms with Crippen LogP contribution in [0.5, 0.6) is 0 Å². The molecule has 0 amide bonds. The summed E-state index contributed by atoms with van der Waals surface area (Å²) in [7, 11) is 0. The molecule has 0 aromatic carbocycles. The van der Waals surface area contributed by atoms with Gasteiger partial charge >= 0.3 is 6.18 Å². The van der Waals surface area contributed by atoms with Gasteiger partial charge in [0.15, 0.2) is 0 Å². The maximum absolute atomic E-state index is 12.5. The van der Waals surface area contributed by atoms with E-state index in [2.05, 4.69) is 0 Å². The van der Waals surface area contributed by atoms with E-state index in [-0.39, 0.29) is 38.1 Å². The molecule has 2 aliphatic rings. The van der Waals surface area contributed by atoms with Crippen molar-refractivity contribution < 1.29 is 18.0 Å². The van der Waals surface area contributed by atoms with E-state index in [1.54, 1.807) is 0 Å². The predicted molar refractivity (Wildman–Crippen MR) is 39.2 cm³/mol. The highest BCUT2D eigenvalue weighted by Crippen LogP contribution is 2.54. The highest BCUT2D eigenvalue weighted by molar-refractivity contribution is 5.82. The van der Waals surface area contributed by atoms with Gasteiger partial charge < -0.3 is 0 Å². The van der Waals surface area contributed by atoms with Crippen molar-refractivity contribution in [2.24, 2.45) is 0 Å². The van der Waals surface area contributed by atoms with Crippen molar-refractivity contribution in [3.63, 3.8) is 0 Å². The summed E-state index contributed by atoms with van der Waals surface area (Å²) in [5.41, 5.74) is -1.64.